The second-order valence-electron chi connectivity index (χ2n) is 3.73. The monoisotopic (exact) mass is 199 g/mol. The molecule has 0 aliphatic rings. The van der Waals surface area contributed by atoms with Crippen molar-refractivity contribution in [2.75, 3.05) is 0 Å². The van der Waals surface area contributed by atoms with Crippen LogP contribution in [0.5, 0.6) is 0 Å². The van der Waals surface area contributed by atoms with Crippen LogP contribution in [0.4, 0.5) is 8.78 Å². The van der Waals surface area contributed by atoms with Gasteiger partial charge in [0.05, 0.1) is 0 Å². The zero-order valence-corrected chi connectivity index (χ0v) is 8.43. The van der Waals surface area contributed by atoms with Crippen molar-refractivity contribution in [1.29, 1.82) is 0 Å². The molecule has 1 aromatic carbocycles. The number of rotatable bonds is 3. The maximum absolute atomic E-state index is 13.1. The molecule has 0 saturated heterocycles. The first-order chi connectivity index (χ1) is 6.41. The summed E-state index contributed by atoms with van der Waals surface area (Å²) in [5, 5.41) is 0. The largest absolute Gasteiger partial charge is 0.328 e. The summed E-state index contributed by atoms with van der Waals surface area (Å²) in [7, 11) is 0. The number of hydrogen-bond acceptors (Lipinski definition) is 1. The highest BCUT2D eigenvalue weighted by molar-refractivity contribution is 5.31. The van der Waals surface area contributed by atoms with E-state index < -0.39 is 5.92 Å². The van der Waals surface area contributed by atoms with Crippen LogP contribution >= 0.6 is 0 Å². The molecule has 0 spiro atoms. The molecule has 0 heterocycles. The molecule has 3 heteroatoms. The van der Waals surface area contributed by atoms with Crippen LogP contribution in [0.3, 0.4) is 0 Å². The molecule has 0 amide bonds. The van der Waals surface area contributed by atoms with Gasteiger partial charge in [-0.3, -0.25) is 0 Å². The van der Waals surface area contributed by atoms with Crippen LogP contribution in [0.1, 0.15) is 25.0 Å². The average molecular weight is 199 g/mol. The van der Waals surface area contributed by atoms with Crippen LogP contribution in [0.2, 0.25) is 0 Å². The van der Waals surface area contributed by atoms with Gasteiger partial charge in [-0.15, -0.1) is 0 Å². The third kappa shape index (κ3) is 2.77. The van der Waals surface area contributed by atoms with Gasteiger partial charge >= 0.3 is 0 Å². The van der Waals surface area contributed by atoms with E-state index in [2.05, 4.69) is 0 Å². The third-order valence-electron chi connectivity index (χ3n) is 2.03. The minimum absolute atomic E-state index is 0.0808. The summed E-state index contributed by atoms with van der Waals surface area (Å²) in [6.07, 6.45) is 0.486. The lowest BCUT2D eigenvalue weighted by atomic mass is 9.98. The first-order valence-electron chi connectivity index (χ1n) is 4.63. The molecule has 1 atom stereocenters. The molecule has 1 aromatic rings. The van der Waals surface area contributed by atoms with Crippen LogP contribution in [0, 0.1) is 0 Å². The highest BCUT2D eigenvalue weighted by atomic mass is 19.3. The van der Waals surface area contributed by atoms with E-state index in [9.17, 15) is 8.78 Å². The number of hydrogen-bond donors (Lipinski definition) is 1. The standard InChI is InChI=1S/C11H15F2N/c1-8(14)7-9-5-3-4-6-10(9)11(2,12)13/h3-6,8H,7,14H2,1-2H3. The maximum atomic E-state index is 13.1. The topological polar surface area (TPSA) is 26.0 Å². The average Bonchev–Trinajstić information content (AvgIpc) is 2.01. The Morgan fingerprint density at radius 2 is 1.93 bits per heavy atom. The lowest BCUT2D eigenvalue weighted by molar-refractivity contribution is 0.0165. The lowest BCUT2D eigenvalue weighted by Gasteiger charge is -2.16. The van der Waals surface area contributed by atoms with Crippen molar-refractivity contribution in [2.24, 2.45) is 5.73 Å². The van der Waals surface area contributed by atoms with Gasteiger partial charge in [0, 0.05) is 18.5 Å². The molecule has 2 N–H and O–H groups in total. The van der Waals surface area contributed by atoms with E-state index in [1.807, 2.05) is 6.92 Å². The predicted molar refractivity (Wildman–Crippen MR) is 53.4 cm³/mol. The van der Waals surface area contributed by atoms with Crippen molar-refractivity contribution in [1.82, 2.24) is 0 Å². The van der Waals surface area contributed by atoms with E-state index in [0.717, 1.165) is 6.92 Å². The van der Waals surface area contributed by atoms with E-state index >= 15 is 0 Å². The fraction of sp³-hybridized carbons (Fsp3) is 0.455. The number of benzene rings is 1. The Balaban J connectivity index is 3.04. The second-order valence-corrected chi connectivity index (χ2v) is 3.73. The second kappa shape index (κ2) is 4.05. The molecule has 0 aliphatic carbocycles. The summed E-state index contributed by atoms with van der Waals surface area (Å²) >= 11 is 0. The van der Waals surface area contributed by atoms with Gasteiger partial charge < -0.3 is 5.73 Å². The van der Waals surface area contributed by atoms with Crippen molar-refractivity contribution in [2.45, 2.75) is 32.2 Å². The Kier molecular flexibility index (Phi) is 3.21. The Morgan fingerprint density at radius 1 is 1.36 bits per heavy atom. The normalized spacial score (nSPS) is 14.1. The van der Waals surface area contributed by atoms with Gasteiger partial charge in [0.2, 0.25) is 0 Å². The highest BCUT2D eigenvalue weighted by Crippen LogP contribution is 2.30. The molecule has 0 fully saturated rings. The van der Waals surface area contributed by atoms with E-state index in [1.165, 1.54) is 6.07 Å². The highest BCUT2D eigenvalue weighted by Gasteiger charge is 2.26. The fourth-order valence-corrected chi connectivity index (χ4v) is 1.47. The third-order valence-corrected chi connectivity index (χ3v) is 2.03. The first kappa shape index (κ1) is 11.1. The SMILES string of the molecule is CC(N)Cc1ccccc1C(C)(F)F. The Morgan fingerprint density at radius 3 is 2.43 bits per heavy atom. The van der Waals surface area contributed by atoms with Crippen molar-refractivity contribution < 1.29 is 8.78 Å². The Hall–Kier alpha value is -0.960. The van der Waals surface area contributed by atoms with Gasteiger partial charge in [-0.1, -0.05) is 24.3 Å². The molecule has 1 nitrogen and oxygen atoms in total. The van der Waals surface area contributed by atoms with Crippen molar-refractivity contribution in [3.8, 4) is 0 Å². The zero-order chi connectivity index (χ0) is 10.8. The van der Waals surface area contributed by atoms with Crippen molar-refractivity contribution in [3.05, 3.63) is 35.4 Å². The van der Waals surface area contributed by atoms with Gasteiger partial charge in [0.15, 0.2) is 0 Å². The minimum atomic E-state index is -2.79. The van der Waals surface area contributed by atoms with Gasteiger partial charge in [0.25, 0.3) is 5.92 Å². The predicted octanol–water partition coefficient (Wildman–Crippen LogP) is 2.69. The Labute approximate surface area is 82.9 Å². The smallest absolute Gasteiger partial charge is 0.270 e. The summed E-state index contributed by atoms with van der Waals surface area (Å²) in [6, 6.07) is 6.44. The fourth-order valence-electron chi connectivity index (χ4n) is 1.47. The molecular formula is C11H15F2N. The number of halogens is 2. The van der Waals surface area contributed by atoms with Crippen molar-refractivity contribution in [3.63, 3.8) is 0 Å². The molecule has 0 saturated carbocycles. The molecule has 0 aliphatic heterocycles. The maximum Gasteiger partial charge on any atom is 0.270 e. The number of nitrogens with two attached hydrogens (primary N) is 1. The van der Waals surface area contributed by atoms with Crippen LogP contribution < -0.4 is 5.73 Å². The minimum Gasteiger partial charge on any atom is -0.328 e. The van der Waals surface area contributed by atoms with E-state index in [4.69, 9.17) is 5.73 Å². The number of alkyl halides is 2. The van der Waals surface area contributed by atoms with E-state index in [0.29, 0.717) is 12.0 Å². The summed E-state index contributed by atoms with van der Waals surface area (Å²) in [6.45, 7) is 2.72. The van der Waals surface area contributed by atoms with Crippen LogP contribution in [0.25, 0.3) is 0 Å². The van der Waals surface area contributed by atoms with Crippen LogP contribution in [0.15, 0.2) is 24.3 Å². The Bertz CT molecular complexity index is 302. The summed E-state index contributed by atoms with van der Waals surface area (Å²) in [5.41, 5.74) is 6.31. The van der Waals surface area contributed by atoms with E-state index in [1.54, 1.807) is 18.2 Å². The summed E-state index contributed by atoms with van der Waals surface area (Å²) in [4.78, 5) is 0. The van der Waals surface area contributed by atoms with Gasteiger partial charge in [-0.25, -0.2) is 8.78 Å². The van der Waals surface area contributed by atoms with E-state index in [-0.39, 0.29) is 11.6 Å². The molecule has 78 valence electrons. The van der Waals surface area contributed by atoms with Gasteiger partial charge in [0.1, 0.15) is 0 Å². The molecule has 14 heavy (non-hydrogen) atoms. The quantitative estimate of drug-likeness (QED) is 0.795. The molecular weight excluding hydrogens is 184 g/mol. The van der Waals surface area contributed by atoms with Crippen LogP contribution in [-0.4, -0.2) is 6.04 Å². The van der Waals surface area contributed by atoms with Gasteiger partial charge in [-0.05, 0) is 18.9 Å². The molecule has 0 radical (unpaired) electrons. The zero-order valence-electron chi connectivity index (χ0n) is 8.43. The van der Waals surface area contributed by atoms with Crippen LogP contribution in [-0.2, 0) is 12.3 Å². The summed E-state index contributed by atoms with van der Waals surface area (Å²) in [5.74, 6) is -2.79. The molecule has 0 bridgehead atoms. The van der Waals surface area contributed by atoms with Crippen molar-refractivity contribution >= 4 is 0 Å². The first-order valence-corrected chi connectivity index (χ1v) is 4.63. The van der Waals surface area contributed by atoms with Gasteiger partial charge in [-0.2, -0.15) is 0 Å². The molecule has 1 unspecified atom stereocenters. The lowest BCUT2D eigenvalue weighted by Crippen LogP contribution is -2.20. The molecule has 1 rings (SSSR count). The molecule has 0 aromatic heterocycles. The summed E-state index contributed by atoms with van der Waals surface area (Å²) < 4.78 is 26.2.